The predicted octanol–water partition coefficient (Wildman–Crippen LogP) is 3.80. The summed E-state index contributed by atoms with van der Waals surface area (Å²) < 4.78 is 28.3. The quantitative estimate of drug-likeness (QED) is 0.592. The van der Waals surface area contributed by atoms with Gasteiger partial charge in [0.25, 0.3) is 0 Å². The fourth-order valence-corrected chi connectivity index (χ4v) is 6.27. The Morgan fingerprint density at radius 1 is 1.12 bits per heavy atom. The molecule has 168 valence electrons. The van der Waals surface area contributed by atoms with Crippen molar-refractivity contribution in [1.82, 2.24) is 14.5 Å². The van der Waals surface area contributed by atoms with Gasteiger partial charge in [0.1, 0.15) is 11.0 Å². The van der Waals surface area contributed by atoms with Gasteiger partial charge in [0, 0.05) is 13.0 Å². The third-order valence-electron chi connectivity index (χ3n) is 5.42. The molecule has 32 heavy (non-hydrogen) atoms. The Labute approximate surface area is 192 Å². The number of carbonyl (C=O) groups is 1. The molecule has 2 aromatic carbocycles. The molecule has 1 N–H and O–H groups in total. The Kier molecular flexibility index (Phi) is 6.41. The number of hydrogen-bond donors (Lipinski definition) is 1. The van der Waals surface area contributed by atoms with Gasteiger partial charge in [-0.15, -0.1) is 10.2 Å². The number of nitrogens with zero attached hydrogens (tertiary/aromatic N) is 3. The van der Waals surface area contributed by atoms with Gasteiger partial charge in [0.05, 0.1) is 4.90 Å². The topological polar surface area (TPSA) is 92.3 Å². The first-order chi connectivity index (χ1) is 15.2. The molecule has 0 saturated carbocycles. The molecular formula is C23H26N4O3S2. The molecule has 1 unspecified atom stereocenters. The normalized spacial score (nSPS) is 16.7. The van der Waals surface area contributed by atoms with Crippen LogP contribution in [-0.2, 0) is 34.2 Å². The maximum absolute atomic E-state index is 13.5. The number of aryl methyl sites for hydroxylation is 1. The molecule has 4 rings (SSSR count). The molecule has 1 atom stereocenters. The summed E-state index contributed by atoms with van der Waals surface area (Å²) in [5.41, 5.74) is 2.85. The minimum atomic E-state index is -3.88. The lowest BCUT2D eigenvalue weighted by Gasteiger charge is -2.34. The molecule has 0 spiro atoms. The summed E-state index contributed by atoms with van der Waals surface area (Å²) in [4.78, 5) is 13.4. The van der Waals surface area contributed by atoms with Crippen LogP contribution in [0, 0.1) is 12.8 Å². The van der Waals surface area contributed by atoms with E-state index in [0.717, 1.165) is 28.1 Å². The number of rotatable bonds is 6. The summed E-state index contributed by atoms with van der Waals surface area (Å²) in [6.45, 7) is 6.22. The van der Waals surface area contributed by atoms with Gasteiger partial charge in [0.15, 0.2) is 0 Å². The van der Waals surface area contributed by atoms with Crippen LogP contribution in [-0.4, -0.2) is 34.9 Å². The number of anilines is 1. The first-order valence-corrected chi connectivity index (χ1v) is 12.8. The van der Waals surface area contributed by atoms with Crippen molar-refractivity contribution < 1.29 is 13.2 Å². The fraction of sp³-hybridized carbons (Fsp3) is 0.348. The second kappa shape index (κ2) is 9.09. The van der Waals surface area contributed by atoms with Crippen LogP contribution in [0.5, 0.6) is 0 Å². The molecule has 7 nitrogen and oxygen atoms in total. The summed E-state index contributed by atoms with van der Waals surface area (Å²) in [6, 6.07) is 13.4. The molecular weight excluding hydrogens is 444 g/mol. The standard InChI is InChI=1S/C23H26N4O3S2/c1-15(2)12-21-25-26-23(31-21)24-22(28)20-13-17-6-4-5-7-18(17)14-27(20)32(29,30)19-10-8-16(3)9-11-19/h4-11,15,20H,12-14H2,1-3H3,(H,24,26,28). The summed E-state index contributed by atoms with van der Waals surface area (Å²) in [5.74, 6) is 0.0268. The molecule has 0 saturated heterocycles. The minimum Gasteiger partial charge on any atom is -0.299 e. The number of amides is 1. The molecule has 1 amide bonds. The summed E-state index contributed by atoms with van der Waals surface area (Å²) in [5, 5.41) is 12.2. The number of hydrogen-bond acceptors (Lipinski definition) is 6. The minimum absolute atomic E-state index is 0.138. The van der Waals surface area contributed by atoms with E-state index >= 15 is 0 Å². The van der Waals surface area contributed by atoms with Crippen molar-refractivity contribution in [3.8, 4) is 0 Å². The third kappa shape index (κ3) is 4.74. The molecule has 0 fully saturated rings. The smallest absolute Gasteiger partial charge is 0.245 e. The molecule has 0 aliphatic carbocycles. The zero-order valence-corrected chi connectivity index (χ0v) is 19.9. The number of nitrogens with one attached hydrogen (secondary N) is 1. The highest BCUT2D eigenvalue weighted by Crippen LogP contribution is 2.30. The van der Waals surface area contributed by atoms with Crippen LogP contribution in [0.3, 0.4) is 0 Å². The Morgan fingerprint density at radius 2 is 1.81 bits per heavy atom. The number of aromatic nitrogens is 2. The summed E-state index contributed by atoms with van der Waals surface area (Å²) in [6.07, 6.45) is 1.07. The van der Waals surface area contributed by atoms with Crippen LogP contribution in [0.4, 0.5) is 5.13 Å². The van der Waals surface area contributed by atoms with Gasteiger partial charge in [-0.1, -0.05) is 67.1 Å². The molecule has 9 heteroatoms. The van der Waals surface area contributed by atoms with Gasteiger partial charge in [-0.2, -0.15) is 4.31 Å². The van der Waals surface area contributed by atoms with Gasteiger partial charge < -0.3 is 0 Å². The van der Waals surface area contributed by atoms with E-state index in [-0.39, 0.29) is 11.4 Å². The maximum atomic E-state index is 13.5. The lowest BCUT2D eigenvalue weighted by Crippen LogP contribution is -2.50. The van der Waals surface area contributed by atoms with E-state index in [9.17, 15) is 13.2 Å². The second-order valence-corrected chi connectivity index (χ2v) is 11.4. The van der Waals surface area contributed by atoms with Crippen molar-refractivity contribution in [3.63, 3.8) is 0 Å². The Morgan fingerprint density at radius 3 is 2.50 bits per heavy atom. The lowest BCUT2D eigenvalue weighted by atomic mass is 9.95. The molecule has 0 radical (unpaired) electrons. The van der Waals surface area contributed by atoms with E-state index in [4.69, 9.17) is 0 Å². The van der Waals surface area contributed by atoms with Gasteiger partial charge >= 0.3 is 0 Å². The highest BCUT2D eigenvalue weighted by atomic mass is 32.2. The van der Waals surface area contributed by atoms with Crippen molar-refractivity contribution >= 4 is 32.4 Å². The largest absolute Gasteiger partial charge is 0.299 e. The van der Waals surface area contributed by atoms with Crippen LogP contribution in [0.15, 0.2) is 53.4 Å². The van der Waals surface area contributed by atoms with E-state index in [1.165, 1.54) is 15.6 Å². The first kappa shape index (κ1) is 22.6. The van der Waals surface area contributed by atoms with Gasteiger partial charge in [0.2, 0.25) is 21.1 Å². The molecule has 1 aliphatic heterocycles. The number of carbonyl (C=O) groups excluding carboxylic acids is 1. The van der Waals surface area contributed by atoms with Gasteiger partial charge in [-0.25, -0.2) is 8.42 Å². The van der Waals surface area contributed by atoms with Crippen LogP contribution in [0.2, 0.25) is 0 Å². The van der Waals surface area contributed by atoms with Crippen molar-refractivity contribution in [2.24, 2.45) is 5.92 Å². The van der Waals surface area contributed by atoms with E-state index in [1.54, 1.807) is 24.3 Å². The van der Waals surface area contributed by atoms with Crippen molar-refractivity contribution in [1.29, 1.82) is 0 Å². The van der Waals surface area contributed by atoms with E-state index < -0.39 is 22.0 Å². The van der Waals surface area contributed by atoms with Crippen LogP contribution in [0.25, 0.3) is 0 Å². The molecule has 1 aromatic heterocycles. The monoisotopic (exact) mass is 470 g/mol. The Balaban J connectivity index is 1.65. The number of sulfonamides is 1. The van der Waals surface area contributed by atoms with Crippen molar-refractivity contribution in [2.45, 2.75) is 51.1 Å². The van der Waals surface area contributed by atoms with E-state index in [1.807, 2.05) is 31.2 Å². The summed E-state index contributed by atoms with van der Waals surface area (Å²) >= 11 is 1.32. The van der Waals surface area contributed by atoms with Crippen LogP contribution < -0.4 is 5.32 Å². The zero-order chi connectivity index (χ0) is 22.9. The average Bonchev–Trinajstić information content (AvgIpc) is 3.19. The number of fused-ring (bicyclic) bond motifs is 1. The van der Waals surface area contributed by atoms with Crippen molar-refractivity contribution in [2.75, 3.05) is 5.32 Å². The fourth-order valence-electron chi connectivity index (χ4n) is 3.75. The summed E-state index contributed by atoms with van der Waals surface area (Å²) in [7, 11) is -3.88. The first-order valence-electron chi connectivity index (χ1n) is 10.5. The maximum Gasteiger partial charge on any atom is 0.245 e. The predicted molar refractivity (Wildman–Crippen MR) is 125 cm³/mol. The molecule has 3 aromatic rings. The highest BCUT2D eigenvalue weighted by Gasteiger charge is 2.39. The van der Waals surface area contributed by atoms with E-state index in [2.05, 4.69) is 29.4 Å². The lowest BCUT2D eigenvalue weighted by molar-refractivity contribution is -0.120. The average molecular weight is 471 g/mol. The number of benzene rings is 2. The van der Waals surface area contributed by atoms with E-state index in [0.29, 0.717) is 17.5 Å². The molecule has 1 aliphatic rings. The van der Waals surface area contributed by atoms with Gasteiger partial charge in [-0.05, 0) is 42.5 Å². The zero-order valence-electron chi connectivity index (χ0n) is 18.3. The van der Waals surface area contributed by atoms with Gasteiger partial charge in [-0.3, -0.25) is 10.1 Å². The van der Waals surface area contributed by atoms with Crippen LogP contribution in [0.1, 0.15) is 35.5 Å². The SMILES string of the molecule is Cc1ccc(S(=O)(=O)N2Cc3ccccc3CC2C(=O)Nc2nnc(CC(C)C)s2)cc1. The second-order valence-electron chi connectivity index (χ2n) is 8.44. The Bertz CT molecular complexity index is 1220. The molecule has 0 bridgehead atoms. The van der Waals surface area contributed by atoms with Crippen molar-refractivity contribution in [3.05, 3.63) is 70.2 Å². The third-order valence-corrected chi connectivity index (χ3v) is 8.15. The molecule has 2 heterocycles. The highest BCUT2D eigenvalue weighted by molar-refractivity contribution is 7.89. The van der Waals surface area contributed by atoms with Crippen LogP contribution >= 0.6 is 11.3 Å². The Hall–Kier alpha value is -2.62.